The monoisotopic (exact) mass is 413 g/mol. The highest BCUT2D eigenvalue weighted by Crippen LogP contribution is 2.29. The third-order valence-electron chi connectivity index (χ3n) is 4.46. The van der Waals surface area contributed by atoms with Crippen LogP contribution < -0.4 is 5.32 Å². The Balaban J connectivity index is 1.90. The molecule has 0 saturated carbocycles. The van der Waals surface area contributed by atoms with E-state index in [2.05, 4.69) is 5.32 Å². The molecule has 1 aromatic carbocycles. The van der Waals surface area contributed by atoms with Gasteiger partial charge in [0.2, 0.25) is 11.8 Å². The number of nitrogens with zero attached hydrogens (tertiary/aromatic N) is 2. The summed E-state index contributed by atoms with van der Waals surface area (Å²) >= 11 is 0. The molecule has 1 saturated heterocycles. The molecule has 2 amide bonds. The number of rotatable bonds is 5. The summed E-state index contributed by atoms with van der Waals surface area (Å²) < 4.78 is 42.3. The molecule has 1 heterocycles. The van der Waals surface area contributed by atoms with Gasteiger partial charge in [-0.05, 0) is 30.8 Å². The van der Waals surface area contributed by atoms with Crippen molar-refractivity contribution in [3.05, 3.63) is 41.5 Å². The summed E-state index contributed by atoms with van der Waals surface area (Å²) in [5.41, 5.74) is -0.374. The zero-order valence-corrected chi connectivity index (χ0v) is 16.0. The van der Waals surface area contributed by atoms with Crippen molar-refractivity contribution in [1.29, 1.82) is 0 Å². The number of halogens is 3. The summed E-state index contributed by atoms with van der Waals surface area (Å²) in [6.45, 7) is 0.931. The summed E-state index contributed by atoms with van der Waals surface area (Å²) in [5, 5.41) is 2.41. The number of hydrogen-bond acceptors (Lipinski definition) is 5. The van der Waals surface area contributed by atoms with Crippen molar-refractivity contribution in [2.75, 3.05) is 40.3 Å². The third kappa shape index (κ3) is 6.31. The van der Waals surface area contributed by atoms with E-state index < -0.39 is 35.6 Å². The molecule has 7 nitrogen and oxygen atoms in total. The second-order valence-corrected chi connectivity index (χ2v) is 6.56. The molecule has 0 spiro atoms. The van der Waals surface area contributed by atoms with E-state index in [9.17, 15) is 27.6 Å². The largest absolute Gasteiger partial charge is 0.467 e. The Hall–Kier alpha value is -2.88. The first-order valence-electron chi connectivity index (χ1n) is 8.81. The van der Waals surface area contributed by atoms with Crippen LogP contribution in [0, 0.1) is 0 Å². The molecule has 0 aliphatic carbocycles. The number of ether oxygens (including phenoxy) is 1. The van der Waals surface area contributed by atoms with Gasteiger partial charge < -0.3 is 19.9 Å². The number of benzene rings is 1. The molecule has 0 aromatic heterocycles. The normalized spacial score (nSPS) is 18.0. The number of carbonyl (C=O) groups is 3. The Bertz CT molecular complexity index is 778. The standard InChI is InChI=1S/C19H22F3N3O4/c1-24-9-10-25(15(12-24)18(28)29-2)17(27)11-23-16(26)8-5-13-3-6-14(7-4-13)19(20,21)22/h3-8,15H,9-12H2,1-2H3,(H,23,26)/b8-5+/t15-/m1/s1. The van der Waals surface area contributed by atoms with Crippen molar-refractivity contribution in [3.63, 3.8) is 0 Å². The van der Waals surface area contributed by atoms with Gasteiger partial charge >= 0.3 is 12.1 Å². The van der Waals surface area contributed by atoms with Crippen molar-refractivity contribution in [2.24, 2.45) is 0 Å². The maximum absolute atomic E-state index is 12.5. The van der Waals surface area contributed by atoms with Crippen molar-refractivity contribution in [1.82, 2.24) is 15.1 Å². The zero-order valence-electron chi connectivity index (χ0n) is 16.0. The van der Waals surface area contributed by atoms with Gasteiger partial charge in [-0.1, -0.05) is 12.1 Å². The Morgan fingerprint density at radius 2 is 1.86 bits per heavy atom. The van der Waals surface area contributed by atoms with Crippen LogP contribution in [0.1, 0.15) is 11.1 Å². The van der Waals surface area contributed by atoms with Gasteiger partial charge in [-0.15, -0.1) is 0 Å². The van der Waals surface area contributed by atoms with E-state index in [1.54, 1.807) is 0 Å². The molecule has 158 valence electrons. The van der Waals surface area contributed by atoms with E-state index >= 15 is 0 Å². The topological polar surface area (TPSA) is 79.0 Å². The minimum atomic E-state index is -4.43. The van der Waals surface area contributed by atoms with Crippen LogP contribution >= 0.6 is 0 Å². The van der Waals surface area contributed by atoms with E-state index in [-0.39, 0.29) is 6.54 Å². The zero-order chi connectivity index (χ0) is 21.6. The van der Waals surface area contributed by atoms with Crippen LogP contribution in [0.5, 0.6) is 0 Å². The van der Waals surface area contributed by atoms with Crippen LogP contribution in [0.4, 0.5) is 13.2 Å². The minimum absolute atomic E-state index is 0.312. The van der Waals surface area contributed by atoms with Crippen molar-refractivity contribution < 1.29 is 32.3 Å². The third-order valence-corrected chi connectivity index (χ3v) is 4.46. The van der Waals surface area contributed by atoms with Crippen LogP contribution in [-0.4, -0.2) is 74.0 Å². The van der Waals surface area contributed by atoms with Crippen LogP contribution in [0.25, 0.3) is 6.08 Å². The van der Waals surface area contributed by atoms with E-state index in [0.717, 1.165) is 18.2 Å². The maximum Gasteiger partial charge on any atom is 0.416 e. The highest BCUT2D eigenvalue weighted by molar-refractivity contribution is 5.95. The summed E-state index contributed by atoms with van der Waals surface area (Å²) in [6, 6.07) is 3.57. The molecule has 0 radical (unpaired) electrons. The first kappa shape index (κ1) is 22.4. The van der Waals surface area contributed by atoms with Crippen LogP contribution in [-0.2, 0) is 25.3 Å². The SMILES string of the molecule is COC(=O)[C@H]1CN(C)CCN1C(=O)CNC(=O)/C=C/c1ccc(C(F)(F)F)cc1. The van der Waals surface area contributed by atoms with Crippen molar-refractivity contribution >= 4 is 23.9 Å². The lowest BCUT2D eigenvalue weighted by molar-refractivity contribution is -0.155. The molecular formula is C19H22F3N3O4. The van der Waals surface area contributed by atoms with Gasteiger partial charge in [-0.3, -0.25) is 9.59 Å². The lowest BCUT2D eigenvalue weighted by atomic mass is 10.1. The number of nitrogens with one attached hydrogen (secondary N) is 1. The average molecular weight is 413 g/mol. The quantitative estimate of drug-likeness (QED) is 0.579. The lowest BCUT2D eigenvalue weighted by Gasteiger charge is -2.38. The fourth-order valence-electron chi connectivity index (χ4n) is 2.83. The molecule has 1 N–H and O–H groups in total. The van der Waals surface area contributed by atoms with E-state index in [1.807, 2.05) is 11.9 Å². The van der Waals surface area contributed by atoms with E-state index in [1.165, 1.54) is 30.2 Å². The second kappa shape index (κ2) is 9.55. The predicted molar refractivity (Wildman–Crippen MR) is 98.5 cm³/mol. The smallest absolute Gasteiger partial charge is 0.416 e. The van der Waals surface area contributed by atoms with Crippen LogP contribution in [0.2, 0.25) is 0 Å². The Morgan fingerprint density at radius 1 is 1.21 bits per heavy atom. The summed E-state index contributed by atoms with van der Waals surface area (Å²) in [7, 11) is 3.07. The van der Waals surface area contributed by atoms with Crippen LogP contribution in [0.15, 0.2) is 30.3 Å². The van der Waals surface area contributed by atoms with Gasteiger partial charge in [0.05, 0.1) is 19.2 Å². The molecule has 1 aromatic rings. The van der Waals surface area contributed by atoms with Crippen molar-refractivity contribution in [2.45, 2.75) is 12.2 Å². The highest BCUT2D eigenvalue weighted by Gasteiger charge is 2.34. The first-order chi connectivity index (χ1) is 13.6. The number of carbonyl (C=O) groups excluding carboxylic acids is 3. The van der Waals surface area contributed by atoms with Gasteiger partial charge in [0.25, 0.3) is 0 Å². The number of likely N-dealkylation sites (N-methyl/N-ethyl adjacent to an activating group) is 1. The summed E-state index contributed by atoms with van der Waals surface area (Å²) in [4.78, 5) is 39.5. The number of piperazine rings is 1. The number of esters is 1. The van der Waals surface area contributed by atoms with E-state index in [0.29, 0.717) is 25.2 Å². The van der Waals surface area contributed by atoms with E-state index in [4.69, 9.17) is 4.74 Å². The summed E-state index contributed by atoms with van der Waals surface area (Å²) in [6.07, 6.45) is -1.96. The second-order valence-electron chi connectivity index (χ2n) is 6.56. The molecule has 2 rings (SSSR count). The van der Waals surface area contributed by atoms with Gasteiger partial charge in [0.15, 0.2) is 0 Å². The molecular weight excluding hydrogens is 391 g/mol. The Kier molecular flexibility index (Phi) is 7.38. The molecule has 1 aliphatic heterocycles. The summed E-state index contributed by atoms with van der Waals surface area (Å²) in [5.74, 6) is -1.54. The molecule has 10 heteroatoms. The lowest BCUT2D eigenvalue weighted by Crippen LogP contribution is -2.59. The van der Waals surface area contributed by atoms with Crippen LogP contribution in [0.3, 0.4) is 0 Å². The minimum Gasteiger partial charge on any atom is -0.467 e. The highest BCUT2D eigenvalue weighted by atomic mass is 19.4. The number of methoxy groups -OCH3 is 1. The molecule has 1 atom stereocenters. The molecule has 0 unspecified atom stereocenters. The van der Waals surface area contributed by atoms with Crippen molar-refractivity contribution in [3.8, 4) is 0 Å². The Labute approximate surface area is 166 Å². The maximum atomic E-state index is 12.5. The molecule has 0 bridgehead atoms. The van der Waals surface area contributed by atoms with Gasteiger partial charge in [-0.2, -0.15) is 13.2 Å². The number of amides is 2. The average Bonchev–Trinajstić information content (AvgIpc) is 2.69. The fraction of sp³-hybridized carbons (Fsp3) is 0.421. The molecule has 1 fully saturated rings. The van der Waals surface area contributed by atoms with Gasteiger partial charge in [0.1, 0.15) is 6.04 Å². The number of hydrogen-bond donors (Lipinski definition) is 1. The van der Waals surface area contributed by atoms with Gasteiger partial charge in [-0.25, -0.2) is 4.79 Å². The predicted octanol–water partition coefficient (Wildman–Crippen LogP) is 1.15. The van der Waals surface area contributed by atoms with Gasteiger partial charge in [0, 0.05) is 25.7 Å². The number of alkyl halides is 3. The fourth-order valence-corrected chi connectivity index (χ4v) is 2.83. The molecule has 1 aliphatic rings. The Morgan fingerprint density at radius 3 is 2.45 bits per heavy atom. The molecule has 29 heavy (non-hydrogen) atoms. The first-order valence-corrected chi connectivity index (χ1v) is 8.81.